The van der Waals surface area contributed by atoms with Gasteiger partial charge in [-0.25, -0.2) is 9.98 Å². The molecule has 0 bridgehead atoms. The van der Waals surface area contributed by atoms with Gasteiger partial charge in [0.1, 0.15) is 10.8 Å². The molecular formula is C25H20N4S. The molecule has 0 saturated heterocycles. The van der Waals surface area contributed by atoms with Crippen LogP contribution in [0, 0.1) is 0 Å². The summed E-state index contributed by atoms with van der Waals surface area (Å²) in [5.74, 6) is 0.861. The summed E-state index contributed by atoms with van der Waals surface area (Å²) in [6.07, 6.45) is 3.93. The predicted molar refractivity (Wildman–Crippen MR) is 123 cm³/mol. The number of pyridine rings is 1. The topological polar surface area (TPSA) is 50.2 Å². The number of aliphatic imine (C=N–C) groups is 1. The van der Waals surface area contributed by atoms with Crippen molar-refractivity contribution in [3.8, 4) is 10.7 Å². The number of benzene rings is 2. The van der Waals surface area contributed by atoms with Crippen LogP contribution < -0.4 is 5.32 Å². The molecule has 4 aromatic rings. The lowest BCUT2D eigenvalue weighted by Gasteiger charge is -2.27. The first-order valence-electron chi connectivity index (χ1n) is 10.1. The van der Waals surface area contributed by atoms with Gasteiger partial charge < -0.3 is 5.32 Å². The van der Waals surface area contributed by atoms with Crippen molar-refractivity contribution >= 4 is 27.4 Å². The number of thiazole rings is 1. The Hall–Kier alpha value is -3.31. The van der Waals surface area contributed by atoms with Crippen molar-refractivity contribution in [3.05, 3.63) is 95.3 Å². The number of aromatic nitrogens is 2. The number of hydrogen-bond donors (Lipinski definition) is 1. The molecule has 4 nitrogen and oxygen atoms in total. The van der Waals surface area contributed by atoms with Crippen molar-refractivity contribution in [1.82, 2.24) is 15.3 Å². The fourth-order valence-corrected chi connectivity index (χ4v) is 5.44. The Morgan fingerprint density at radius 1 is 0.967 bits per heavy atom. The maximum Gasteiger partial charge on any atom is 0.143 e. The number of fused-ring (bicyclic) bond motifs is 4. The number of amidine groups is 1. The maximum atomic E-state index is 4.75. The van der Waals surface area contributed by atoms with Crippen LogP contribution in [0.5, 0.6) is 0 Å². The molecule has 2 aromatic heterocycles. The van der Waals surface area contributed by atoms with Crippen LogP contribution in [0.3, 0.4) is 0 Å². The Morgan fingerprint density at radius 2 is 1.80 bits per heavy atom. The smallest absolute Gasteiger partial charge is 0.143 e. The van der Waals surface area contributed by atoms with Crippen molar-refractivity contribution < 1.29 is 0 Å². The van der Waals surface area contributed by atoms with Gasteiger partial charge in [-0.2, -0.15) is 0 Å². The molecule has 1 N–H and O–H groups in total. The SMILES string of the molecule is CC1(C)C2=CN=C(c3ccc(-c4nc5ccccc5s4)nc3)NC2c2ccccc21. The molecule has 2 aliphatic rings. The van der Waals surface area contributed by atoms with E-state index in [9.17, 15) is 0 Å². The summed E-state index contributed by atoms with van der Waals surface area (Å²) < 4.78 is 1.18. The first kappa shape index (κ1) is 17.5. The molecule has 0 spiro atoms. The Kier molecular flexibility index (Phi) is 3.71. The zero-order valence-electron chi connectivity index (χ0n) is 16.8. The van der Waals surface area contributed by atoms with Crippen molar-refractivity contribution in [3.63, 3.8) is 0 Å². The summed E-state index contributed by atoms with van der Waals surface area (Å²) in [6, 6.07) is 21.1. The van der Waals surface area contributed by atoms with Crippen molar-refractivity contribution in [2.75, 3.05) is 0 Å². The molecule has 6 rings (SSSR count). The number of hydrogen-bond acceptors (Lipinski definition) is 5. The van der Waals surface area contributed by atoms with E-state index in [1.165, 1.54) is 21.4 Å². The summed E-state index contributed by atoms with van der Waals surface area (Å²) in [4.78, 5) is 14.1. The highest BCUT2D eigenvalue weighted by Crippen LogP contribution is 2.49. The lowest BCUT2D eigenvalue weighted by atomic mass is 9.82. The van der Waals surface area contributed by atoms with Crippen molar-refractivity contribution in [2.45, 2.75) is 25.3 Å². The van der Waals surface area contributed by atoms with Gasteiger partial charge in [-0.05, 0) is 41.0 Å². The van der Waals surface area contributed by atoms with E-state index in [0.717, 1.165) is 27.6 Å². The molecule has 3 heterocycles. The van der Waals surface area contributed by atoms with Gasteiger partial charge in [0.25, 0.3) is 0 Å². The monoisotopic (exact) mass is 408 g/mol. The summed E-state index contributed by atoms with van der Waals surface area (Å²) in [5, 5.41) is 4.59. The van der Waals surface area contributed by atoms with E-state index < -0.39 is 0 Å². The van der Waals surface area contributed by atoms with Crippen LogP contribution in [0.4, 0.5) is 0 Å². The lowest BCUT2D eigenvalue weighted by molar-refractivity contribution is 0.595. The molecule has 30 heavy (non-hydrogen) atoms. The van der Waals surface area contributed by atoms with Crippen molar-refractivity contribution in [2.24, 2.45) is 4.99 Å². The summed E-state index contributed by atoms with van der Waals surface area (Å²) in [6.45, 7) is 4.54. The van der Waals surface area contributed by atoms with Gasteiger partial charge in [-0.3, -0.25) is 4.98 Å². The van der Waals surface area contributed by atoms with Gasteiger partial charge in [0.15, 0.2) is 0 Å². The minimum Gasteiger partial charge on any atom is -0.359 e. The zero-order chi connectivity index (χ0) is 20.3. The second kappa shape index (κ2) is 6.34. The standard InChI is InChI=1S/C25H20N4S/c1-25(2)17-8-4-3-7-16(17)22-18(25)14-27-23(29-22)15-11-12-20(26-13-15)24-28-19-9-5-6-10-21(19)30-24/h3-14,22H,1-2H3,(H,27,29). The molecule has 0 amide bonds. The second-order valence-electron chi connectivity index (χ2n) is 8.27. The van der Waals surface area contributed by atoms with Crippen LogP contribution in [0.15, 0.2) is 83.6 Å². The van der Waals surface area contributed by atoms with Gasteiger partial charge in [0.2, 0.25) is 0 Å². The Balaban J connectivity index is 1.33. The first-order valence-corrected chi connectivity index (χ1v) is 10.9. The Bertz CT molecular complexity index is 1310. The average molecular weight is 409 g/mol. The zero-order valence-corrected chi connectivity index (χ0v) is 17.6. The van der Waals surface area contributed by atoms with Gasteiger partial charge in [0.05, 0.1) is 22.0 Å². The molecule has 0 radical (unpaired) electrons. The predicted octanol–water partition coefficient (Wildman–Crippen LogP) is 5.62. The van der Waals surface area contributed by atoms with E-state index >= 15 is 0 Å². The highest BCUT2D eigenvalue weighted by molar-refractivity contribution is 7.21. The van der Waals surface area contributed by atoms with E-state index in [1.54, 1.807) is 11.3 Å². The van der Waals surface area contributed by atoms with Crippen LogP contribution in [0.2, 0.25) is 0 Å². The molecule has 1 aliphatic carbocycles. The third-order valence-electron chi connectivity index (χ3n) is 6.14. The molecule has 146 valence electrons. The van der Waals surface area contributed by atoms with E-state index in [1.807, 2.05) is 36.7 Å². The highest BCUT2D eigenvalue weighted by Gasteiger charge is 2.43. The van der Waals surface area contributed by atoms with Crippen LogP contribution in [-0.2, 0) is 5.41 Å². The van der Waals surface area contributed by atoms with E-state index in [-0.39, 0.29) is 11.5 Å². The maximum absolute atomic E-state index is 4.75. The normalized spacial score (nSPS) is 18.9. The third kappa shape index (κ3) is 2.55. The number of rotatable bonds is 2. The quantitative estimate of drug-likeness (QED) is 0.468. The summed E-state index contributed by atoms with van der Waals surface area (Å²) in [7, 11) is 0. The number of para-hydroxylation sites is 1. The highest BCUT2D eigenvalue weighted by atomic mass is 32.1. The molecule has 0 fully saturated rings. The molecule has 5 heteroatoms. The van der Waals surface area contributed by atoms with Gasteiger partial charge in [-0.1, -0.05) is 50.2 Å². The lowest BCUT2D eigenvalue weighted by Crippen LogP contribution is -2.33. The summed E-state index contributed by atoms with van der Waals surface area (Å²) >= 11 is 1.67. The fraction of sp³-hybridized carbons (Fsp3) is 0.160. The minimum absolute atomic E-state index is 0.0156. The average Bonchev–Trinajstić information content (AvgIpc) is 3.32. The third-order valence-corrected chi connectivity index (χ3v) is 7.20. The Labute approximate surface area is 179 Å². The second-order valence-corrected chi connectivity index (χ2v) is 9.30. The van der Waals surface area contributed by atoms with Gasteiger partial charge >= 0.3 is 0 Å². The molecule has 1 unspecified atom stereocenters. The number of nitrogens with zero attached hydrogens (tertiary/aromatic N) is 3. The first-order chi connectivity index (χ1) is 14.6. The summed E-state index contributed by atoms with van der Waals surface area (Å²) in [5.41, 5.74) is 6.89. The van der Waals surface area contributed by atoms with Gasteiger partial charge in [0, 0.05) is 23.4 Å². The van der Waals surface area contributed by atoms with Crippen LogP contribution in [0.25, 0.3) is 20.9 Å². The Morgan fingerprint density at radius 3 is 2.63 bits per heavy atom. The van der Waals surface area contributed by atoms with E-state index in [0.29, 0.717) is 0 Å². The van der Waals surface area contributed by atoms with Gasteiger partial charge in [-0.15, -0.1) is 11.3 Å². The molecule has 0 saturated carbocycles. The van der Waals surface area contributed by atoms with Crippen LogP contribution in [0.1, 0.15) is 36.6 Å². The largest absolute Gasteiger partial charge is 0.359 e. The van der Waals surface area contributed by atoms with Crippen LogP contribution in [-0.4, -0.2) is 15.8 Å². The van der Waals surface area contributed by atoms with Crippen LogP contribution >= 0.6 is 11.3 Å². The van der Waals surface area contributed by atoms with E-state index in [4.69, 9.17) is 9.98 Å². The molecule has 1 atom stereocenters. The minimum atomic E-state index is -0.0156. The fourth-order valence-electron chi connectivity index (χ4n) is 4.50. The number of nitrogens with one attached hydrogen (secondary N) is 1. The van der Waals surface area contributed by atoms with E-state index in [2.05, 4.69) is 60.5 Å². The van der Waals surface area contributed by atoms with Crippen molar-refractivity contribution in [1.29, 1.82) is 0 Å². The molecular weight excluding hydrogens is 388 g/mol. The molecule has 1 aliphatic heterocycles. The molecule has 2 aromatic carbocycles.